The molecule has 1 aliphatic heterocycles. The van der Waals surface area contributed by atoms with Crippen LogP contribution in [0.2, 0.25) is 0 Å². The number of ether oxygens (including phenoxy) is 1. The number of aryl methyl sites for hydroxylation is 1. The number of carbonyl (C=O) groups is 1. The molecule has 2 aromatic rings. The first-order chi connectivity index (χ1) is 13.1. The van der Waals surface area contributed by atoms with E-state index in [1.165, 1.54) is 16.0 Å². The third-order valence-electron chi connectivity index (χ3n) is 5.53. The molecule has 4 nitrogen and oxygen atoms in total. The van der Waals surface area contributed by atoms with Crippen LogP contribution in [0.4, 0.5) is 0 Å². The van der Waals surface area contributed by atoms with Gasteiger partial charge in [-0.1, -0.05) is 30.3 Å². The van der Waals surface area contributed by atoms with Gasteiger partial charge in [-0.05, 0) is 35.4 Å². The SMILES string of the molecule is COCCN(CC1CN(Cc2cccs2)CC1c1ccccc1C)C(C)=O. The van der Waals surface area contributed by atoms with E-state index in [4.69, 9.17) is 4.74 Å². The second kappa shape index (κ2) is 9.49. The number of carbonyl (C=O) groups excluding carboxylic acids is 1. The number of nitrogens with zero attached hydrogens (tertiary/aromatic N) is 2. The average Bonchev–Trinajstić information content (AvgIpc) is 3.29. The van der Waals surface area contributed by atoms with E-state index in [-0.39, 0.29) is 5.91 Å². The molecule has 0 N–H and O–H groups in total. The van der Waals surface area contributed by atoms with E-state index in [9.17, 15) is 4.79 Å². The number of methoxy groups -OCH3 is 1. The smallest absolute Gasteiger partial charge is 0.219 e. The lowest BCUT2D eigenvalue weighted by Gasteiger charge is -2.28. The lowest BCUT2D eigenvalue weighted by molar-refractivity contribution is -0.130. The molecule has 0 aliphatic carbocycles. The Morgan fingerprint density at radius 3 is 2.74 bits per heavy atom. The zero-order valence-corrected chi connectivity index (χ0v) is 17.4. The fourth-order valence-electron chi connectivity index (χ4n) is 4.11. The summed E-state index contributed by atoms with van der Waals surface area (Å²) in [7, 11) is 1.69. The van der Waals surface area contributed by atoms with E-state index < -0.39 is 0 Å². The predicted octanol–water partition coefficient (Wildman–Crippen LogP) is 3.77. The Bertz CT molecular complexity index is 732. The van der Waals surface area contributed by atoms with Crippen LogP contribution in [0.5, 0.6) is 0 Å². The molecule has 27 heavy (non-hydrogen) atoms. The van der Waals surface area contributed by atoms with Crippen LogP contribution in [0, 0.1) is 12.8 Å². The molecule has 1 fully saturated rings. The van der Waals surface area contributed by atoms with Crippen LogP contribution < -0.4 is 0 Å². The number of amides is 1. The highest BCUT2D eigenvalue weighted by Crippen LogP contribution is 2.36. The van der Waals surface area contributed by atoms with Crippen LogP contribution in [0.1, 0.15) is 28.8 Å². The average molecular weight is 387 g/mol. The zero-order valence-electron chi connectivity index (χ0n) is 16.6. The Labute approximate surface area is 166 Å². The number of hydrogen-bond acceptors (Lipinski definition) is 4. The summed E-state index contributed by atoms with van der Waals surface area (Å²) in [6.07, 6.45) is 0. The highest BCUT2D eigenvalue weighted by atomic mass is 32.1. The Balaban J connectivity index is 1.78. The number of thiophene rings is 1. The van der Waals surface area contributed by atoms with Gasteiger partial charge in [0.1, 0.15) is 0 Å². The van der Waals surface area contributed by atoms with Crippen molar-refractivity contribution >= 4 is 17.2 Å². The molecule has 0 spiro atoms. The molecule has 1 aromatic carbocycles. The van der Waals surface area contributed by atoms with Crippen molar-refractivity contribution < 1.29 is 9.53 Å². The lowest BCUT2D eigenvalue weighted by Crippen LogP contribution is -2.38. The Morgan fingerprint density at radius 1 is 1.26 bits per heavy atom. The van der Waals surface area contributed by atoms with Gasteiger partial charge in [0.05, 0.1) is 6.61 Å². The van der Waals surface area contributed by atoms with Gasteiger partial charge in [0.15, 0.2) is 0 Å². The monoisotopic (exact) mass is 386 g/mol. The van der Waals surface area contributed by atoms with Crippen LogP contribution in [0.25, 0.3) is 0 Å². The van der Waals surface area contributed by atoms with Crippen molar-refractivity contribution in [3.8, 4) is 0 Å². The molecule has 2 heterocycles. The van der Waals surface area contributed by atoms with Gasteiger partial charge in [-0.15, -0.1) is 11.3 Å². The van der Waals surface area contributed by atoms with Gasteiger partial charge in [0.25, 0.3) is 0 Å². The van der Waals surface area contributed by atoms with Gasteiger partial charge in [-0.3, -0.25) is 9.69 Å². The first kappa shape index (κ1) is 20.1. The molecule has 1 amide bonds. The maximum atomic E-state index is 12.1. The minimum absolute atomic E-state index is 0.132. The van der Waals surface area contributed by atoms with Crippen LogP contribution >= 0.6 is 11.3 Å². The fraction of sp³-hybridized carbons (Fsp3) is 0.500. The number of likely N-dealkylation sites (tertiary alicyclic amines) is 1. The summed E-state index contributed by atoms with van der Waals surface area (Å²) in [4.78, 5) is 18.0. The van der Waals surface area contributed by atoms with Crippen molar-refractivity contribution in [3.05, 3.63) is 57.8 Å². The van der Waals surface area contributed by atoms with Gasteiger partial charge in [0, 0.05) is 57.6 Å². The topological polar surface area (TPSA) is 32.8 Å². The maximum Gasteiger partial charge on any atom is 0.219 e. The molecule has 3 rings (SSSR count). The van der Waals surface area contributed by atoms with Gasteiger partial charge in [0.2, 0.25) is 5.91 Å². The van der Waals surface area contributed by atoms with E-state index in [1.807, 2.05) is 16.2 Å². The summed E-state index contributed by atoms with van der Waals surface area (Å²) in [5.74, 6) is 1.02. The number of hydrogen-bond donors (Lipinski definition) is 0. The van der Waals surface area contributed by atoms with E-state index in [2.05, 4.69) is 53.6 Å². The molecule has 2 unspecified atom stereocenters. The van der Waals surface area contributed by atoms with Gasteiger partial charge in [-0.25, -0.2) is 0 Å². The molecule has 1 aromatic heterocycles. The fourth-order valence-corrected chi connectivity index (χ4v) is 4.86. The first-order valence-electron chi connectivity index (χ1n) is 9.63. The summed E-state index contributed by atoms with van der Waals surface area (Å²) >= 11 is 1.82. The maximum absolute atomic E-state index is 12.1. The third kappa shape index (κ3) is 5.18. The molecule has 0 bridgehead atoms. The summed E-state index contributed by atoms with van der Waals surface area (Å²) in [6, 6.07) is 13.0. The summed E-state index contributed by atoms with van der Waals surface area (Å²) in [5.41, 5.74) is 2.77. The van der Waals surface area contributed by atoms with Crippen molar-refractivity contribution in [1.82, 2.24) is 9.80 Å². The summed E-state index contributed by atoms with van der Waals surface area (Å²) in [5, 5.41) is 2.14. The van der Waals surface area contributed by atoms with Crippen LogP contribution in [-0.2, 0) is 16.1 Å². The minimum Gasteiger partial charge on any atom is -0.383 e. The largest absolute Gasteiger partial charge is 0.383 e. The second-order valence-corrected chi connectivity index (χ2v) is 8.49. The zero-order chi connectivity index (χ0) is 19.2. The molecule has 0 radical (unpaired) electrons. The van der Waals surface area contributed by atoms with E-state index in [0.29, 0.717) is 25.0 Å². The Hall–Kier alpha value is -1.69. The lowest BCUT2D eigenvalue weighted by atomic mass is 9.86. The Morgan fingerprint density at radius 2 is 2.07 bits per heavy atom. The van der Waals surface area contributed by atoms with Crippen molar-refractivity contribution in [1.29, 1.82) is 0 Å². The highest BCUT2D eigenvalue weighted by molar-refractivity contribution is 7.09. The molecular weight excluding hydrogens is 356 g/mol. The van der Waals surface area contributed by atoms with Crippen molar-refractivity contribution in [2.45, 2.75) is 26.3 Å². The summed E-state index contributed by atoms with van der Waals surface area (Å²) in [6.45, 7) is 8.96. The van der Waals surface area contributed by atoms with Crippen LogP contribution in [0.3, 0.4) is 0 Å². The van der Waals surface area contributed by atoms with Crippen molar-refractivity contribution in [2.75, 3.05) is 39.9 Å². The van der Waals surface area contributed by atoms with Gasteiger partial charge in [-0.2, -0.15) is 0 Å². The normalized spacial score (nSPS) is 20.1. The molecular formula is C22H30N2O2S. The molecule has 0 saturated carbocycles. The highest BCUT2D eigenvalue weighted by Gasteiger charge is 2.36. The molecule has 1 aliphatic rings. The number of rotatable bonds is 8. The van der Waals surface area contributed by atoms with E-state index in [0.717, 1.165) is 26.2 Å². The number of benzene rings is 1. The first-order valence-corrected chi connectivity index (χ1v) is 10.5. The molecule has 146 valence electrons. The second-order valence-electron chi connectivity index (χ2n) is 7.45. The molecule has 2 atom stereocenters. The van der Waals surface area contributed by atoms with Crippen molar-refractivity contribution in [2.24, 2.45) is 5.92 Å². The quantitative estimate of drug-likeness (QED) is 0.692. The molecule has 1 saturated heterocycles. The van der Waals surface area contributed by atoms with Crippen LogP contribution in [0.15, 0.2) is 41.8 Å². The van der Waals surface area contributed by atoms with Gasteiger partial charge >= 0.3 is 0 Å². The van der Waals surface area contributed by atoms with E-state index >= 15 is 0 Å². The van der Waals surface area contributed by atoms with Crippen LogP contribution in [-0.4, -0.2) is 55.6 Å². The molecule has 5 heteroatoms. The predicted molar refractivity (Wildman–Crippen MR) is 111 cm³/mol. The summed E-state index contributed by atoms with van der Waals surface area (Å²) < 4.78 is 5.21. The van der Waals surface area contributed by atoms with Gasteiger partial charge < -0.3 is 9.64 Å². The van der Waals surface area contributed by atoms with Crippen molar-refractivity contribution in [3.63, 3.8) is 0 Å². The standard InChI is InChI=1S/C22H30N2O2S/c1-17-7-4-5-9-21(17)22-16-23(15-20-8-6-12-27-20)13-19(22)14-24(18(2)25)10-11-26-3/h4-9,12,19,22H,10-11,13-16H2,1-3H3. The van der Waals surface area contributed by atoms with E-state index in [1.54, 1.807) is 14.0 Å². The minimum atomic E-state index is 0.132. The Kier molecular flexibility index (Phi) is 7.05. The third-order valence-corrected chi connectivity index (χ3v) is 6.39.